The average molecular weight is 353 g/mol. The van der Waals surface area contributed by atoms with E-state index in [1.165, 1.54) is 13.1 Å². The van der Waals surface area contributed by atoms with Crippen molar-refractivity contribution in [3.63, 3.8) is 0 Å². The molecule has 0 bridgehead atoms. The van der Waals surface area contributed by atoms with Gasteiger partial charge in [0, 0.05) is 5.56 Å². The highest BCUT2D eigenvalue weighted by molar-refractivity contribution is 7.89. The molecule has 128 valence electrons. The van der Waals surface area contributed by atoms with Crippen molar-refractivity contribution in [3.8, 4) is 0 Å². The summed E-state index contributed by atoms with van der Waals surface area (Å²) in [4.78, 5) is 0.0488. The van der Waals surface area contributed by atoms with Crippen LogP contribution in [0.25, 0.3) is 0 Å². The standard InChI is InChI=1S/C20H19NO3S/c1-21-25(23,24)19-15-9-8-14-18(19)20(22,16-10-4-2-5-11-16)17-12-6-3-7-13-17/h2-15,21-22H,1H3. The van der Waals surface area contributed by atoms with E-state index >= 15 is 0 Å². The first kappa shape index (κ1) is 17.4. The van der Waals surface area contributed by atoms with Crippen molar-refractivity contribution in [2.75, 3.05) is 7.05 Å². The van der Waals surface area contributed by atoms with Crippen LogP contribution >= 0.6 is 0 Å². The van der Waals surface area contributed by atoms with Gasteiger partial charge in [0.05, 0.1) is 4.90 Å². The fourth-order valence-corrected chi connectivity index (χ4v) is 3.93. The summed E-state index contributed by atoms with van der Waals surface area (Å²) in [5.74, 6) is 0. The van der Waals surface area contributed by atoms with E-state index in [0.29, 0.717) is 16.7 Å². The maximum Gasteiger partial charge on any atom is 0.240 e. The van der Waals surface area contributed by atoms with Crippen LogP contribution in [0.4, 0.5) is 0 Å². The van der Waals surface area contributed by atoms with Gasteiger partial charge >= 0.3 is 0 Å². The molecule has 0 aliphatic heterocycles. The highest BCUT2D eigenvalue weighted by Crippen LogP contribution is 2.39. The molecule has 25 heavy (non-hydrogen) atoms. The molecule has 0 radical (unpaired) electrons. The lowest BCUT2D eigenvalue weighted by atomic mass is 9.80. The molecule has 0 fully saturated rings. The first-order valence-corrected chi connectivity index (χ1v) is 9.35. The van der Waals surface area contributed by atoms with Gasteiger partial charge in [-0.05, 0) is 24.2 Å². The van der Waals surface area contributed by atoms with Crippen molar-refractivity contribution in [2.24, 2.45) is 0 Å². The zero-order chi connectivity index (χ0) is 17.9. The third-order valence-corrected chi connectivity index (χ3v) is 5.69. The van der Waals surface area contributed by atoms with E-state index in [1.807, 2.05) is 36.4 Å². The van der Waals surface area contributed by atoms with Gasteiger partial charge in [-0.2, -0.15) is 0 Å². The topological polar surface area (TPSA) is 66.4 Å². The zero-order valence-electron chi connectivity index (χ0n) is 13.8. The summed E-state index contributed by atoms with van der Waals surface area (Å²) in [6.45, 7) is 0. The lowest BCUT2D eigenvalue weighted by Crippen LogP contribution is -2.32. The molecule has 0 heterocycles. The number of hydrogen-bond donors (Lipinski definition) is 2. The predicted molar refractivity (Wildman–Crippen MR) is 97.7 cm³/mol. The minimum atomic E-state index is -3.74. The lowest BCUT2D eigenvalue weighted by molar-refractivity contribution is 0.122. The summed E-state index contributed by atoms with van der Waals surface area (Å²) in [6.07, 6.45) is 0. The van der Waals surface area contributed by atoms with Crippen LogP contribution in [-0.2, 0) is 15.6 Å². The molecule has 0 aromatic heterocycles. The Morgan fingerprint density at radius 3 is 1.68 bits per heavy atom. The molecule has 0 amide bonds. The number of nitrogens with one attached hydrogen (secondary N) is 1. The highest BCUT2D eigenvalue weighted by Gasteiger charge is 2.37. The first-order chi connectivity index (χ1) is 12.0. The Balaban J connectivity index is 2.36. The van der Waals surface area contributed by atoms with E-state index in [4.69, 9.17) is 0 Å². The van der Waals surface area contributed by atoms with E-state index in [2.05, 4.69) is 4.72 Å². The Morgan fingerprint density at radius 2 is 1.20 bits per heavy atom. The summed E-state index contributed by atoms with van der Waals surface area (Å²) in [5, 5.41) is 11.8. The molecule has 0 spiro atoms. The van der Waals surface area contributed by atoms with E-state index in [1.54, 1.807) is 42.5 Å². The number of rotatable bonds is 5. The molecule has 2 N–H and O–H groups in total. The minimum absolute atomic E-state index is 0.0488. The molecule has 0 aliphatic carbocycles. The quantitative estimate of drug-likeness (QED) is 0.693. The van der Waals surface area contributed by atoms with Crippen molar-refractivity contribution < 1.29 is 13.5 Å². The zero-order valence-corrected chi connectivity index (χ0v) is 14.6. The second-order valence-corrected chi connectivity index (χ2v) is 7.50. The fourth-order valence-electron chi connectivity index (χ4n) is 2.95. The van der Waals surface area contributed by atoms with Crippen LogP contribution in [0.2, 0.25) is 0 Å². The van der Waals surface area contributed by atoms with Crippen LogP contribution in [0, 0.1) is 0 Å². The SMILES string of the molecule is CNS(=O)(=O)c1ccccc1C(O)(c1ccccc1)c1ccccc1. The second kappa shape index (κ2) is 6.80. The number of sulfonamides is 1. The van der Waals surface area contributed by atoms with Gasteiger partial charge in [-0.25, -0.2) is 13.1 Å². The number of hydrogen-bond acceptors (Lipinski definition) is 3. The van der Waals surface area contributed by atoms with Gasteiger partial charge in [0.15, 0.2) is 0 Å². The number of aliphatic hydroxyl groups is 1. The summed E-state index contributed by atoms with van der Waals surface area (Å²) in [6, 6.07) is 24.6. The van der Waals surface area contributed by atoms with Gasteiger partial charge in [-0.1, -0.05) is 78.9 Å². The summed E-state index contributed by atoms with van der Waals surface area (Å²) < 4.78 is 27.4. The fraction of sp³-hybridized carbons (Fsp3) is 0.100. The molecular formula is C20H19NO3S. The van der Waals surface area contributed by atoms with E-state index in [0.717, 1.165) is 0 Å². The molecule has 4 nitrogen and oxygen atoms in total. The molecule has 0 saturated carbocycles. The van der Waals surface area contributed by atoms with Crippen LogP contribution in [0.15, 0.2) is 89.8 Å². The second-order valence-electron chi connectivity index (χ2n) is 5.65. The molecule has 3 aromatic rings. The van der Waals surface area contributed by atoms with Gasteiger partial charge in [-0.15, -0.1) is 0 Å². The van der Waals surface area contributed by atoms with Gasteiger partial charge in [0.25, 0.3) is 0 Å². The van der Waals surface area contributed by atoms with Gasteiger partial charge in [0.1, 0.15) is 5.60 Å². The van der Waals surface area contributed by atoms with Crippen LogP contribution < -0.4 is 4.72 Å². The van der Waals surface area contributed by atoms with Crippen LogP contribution in [-0.4, -0.2) is 20.6 Å². The van der Waals surface area contributed by atoms with Crippen LogP contribution in [0.3, 0.4) is 0 Å². The molecule has 0 saturated heterocycles. The molecular weight excluding hydrogens is 334 g/mol. The molecule has 3 aromatic carbocycles. The van der Waals surface area contributed by atoms with E-state index < -0.39 is 15.6 Å². The first-order valence-electron chi connectivity index (χ1n) is 7.86. The van der Waals surface area contributed by atoms with Crippen molar-refractivity contribution in [3.05, 3.63) is 102 Å². The van der Waals surface area contributed by atoms with Gasteiger partial charge < -0.3 is 5.11 Å². The molecule has 3 rings (SSSR count). The molecule has 0 atom stereocenters. The maximum absolute atomic E-state index is 12.5. The van der Waals surface area contributed by atoms with E-state index in [-0.39, 0.29) is 4.90 Å². The highest BCUT2D eigenvalue weighted by atomic mass is 32.2. The van der Waals surface area contributed by atoms with Crippen LogP contribution in [0.5, 0.6) is 0 Å². The van der Waals surface area contributed by atoms with Crippen molar-refractivity contribution in [1.82, 2.24) is 4.72 Å². The minimum Gasteiger partial charge on any atom is -0.376 e. The predicted octanol–water partition coefficient (Wildman–Crippen LogP) is 2.88. The Morgan fingerprint density at radius 1 is 0.760 bits per heavy atom. The number of benzene rings is 3. The van der Waals surface area contributed by atoms with Crippen molar-refractivity contribution >= 4 is 10.0 Å². The summed E-state index contributed by atoms with van der Waals surface area (Å²) in [7, 11) is -2.38. The van der Waals surface area contributed by atoms with Crippen LogP contribution in [0.1, 0.15) is 16.7 Å². The smallest absolute Gasteiger partial charge is 0.240 e. The Kier molecular flexibility index (Phi) is 4.72. The molecule has 0 aliphatic rings. The van der Waals surface area contributed by atoms with E-state index in [9.17, 15) is 13.5 Å². The van der Waals surface area contributed by atoms with Gasteiger partial charge in [0.2, 0.25) is 10.0 Å². The third kappa shape index (κ3) is 3.09. The Bertz CT molecular complexity index is 915. The van der Waals surface area contributed by atoms with Crippen molar-refractivity contribution in [1.29, 1.82) is 0 Å². The van der Waals surface area contributed by atoms with Crippen molar-refractivity contribution in [2.45, 2.75) is 10.5 Å². The normalized spacial score (nSPS) is 12.1. The largest absolute Gasteiger partial charge is 0.376 e. The van der Waals surface area contributed by atoms with Gasteiger partial charge in [-0.3, -0.25) is 0 Å². The third-order valence-electron chi connectivity index (χ3n) is 4.22. The summed E-state index contributed by atoms with van der Waals surface area (Å²) in [5.41, 5.74) is -0.0927. The Hall–Kier alpha value is -2.47. The molecule has 0 unspecified atom stereocenters. The maximum atomic E-state index is 12.5. The molecule has 5 heteroatoms. The summed E-state index contributed by atoms with van der Waals surface area (Å²) >= 11 is 0. The monoisotopic (exact) mass is 353 g/mol. The lowest BCUT2D eigenvalue weighted by Gasteiger charge is -2.31. The average Bonchev–Trinajstić information content (AvgIpc) is 2.68. The Labute approximate surface area is 147 Å².